The molecule has 0 spiro atoms. The molecule has 0 saturated carbocycles. The molecule has 1 aromatic rings. The molecule has 0 atom stereocenters. The first-order valence-corrected chi connectivity index (χ1v) is 7.35. The molecule has 1 aliphatic heterocycles. The van der Waals surface area contributed by atoms with Crippen molar-refractivity contribution in [1.29, 1.82) is 0 Å². The van der Waals surface area contributed by atoms with Crippen molar-refractivity contribution in [3.63, 3.8) is 0 Å². The minimum Gasteiger partial charge on any atom is -0.359 e. The molecular weight excluding hydrogens is 266 g/mol. The summed E-state index contributed by atoms with van der Waals surface area (Å²) in [5.74, 6) is 0.0528. The topological polar surface area (TPSA) is 70.2 Å². The SMILES string of the molecule is CNC(=O)Cc1ccc(NC(=O)C2(C)CCNCC2)cc1. The lowest BCUT2D eigenvalue weighted by Gasteiger charge is -2.32. The van der Waals surface area contributed by atoms with Gasteiger partial charge in [0.05, 0.1) is 6.42 Å². The summed E-state index contributed by atoms with van der Waals surface area (Å²) in [6.07, 6.45) is 2.06. The van der Waals surface area contributed by atoms with E-state index in [0.717, 1.165) is 37.2 Å². The lowest BCUT2D eigenvalue weighted by atomic mass is 9.80. The summed E-state index contributed by atoms with van der Waals surface area (Å²) in [6, 6.07) is 7.44. The van der Waals surface area contributed by atoms with Crippen molar-refractivity contribution < 1.29 is 9.59 Å². The third kappa shape index (κ3) is 4.04. The van der Waals surface area contributed by atoms with Gasteiger partial charge in [0.1, 0.15) is 0 Å². The monoisotopic (exact) mass is 289 g/mol. The number of benzene rings is 1. The van der Waals surface area contributed by atoms with E-state index >= 15 is 0 Å². The summed E-state index contributed by atoms with van der Waals surface area (Å²) in [5.41, 5.74) is 1.41. The molecule has 1 saturated heterocycles. The molecule has 1 heterocycles. The molecule has 0 bridgehead atoms. The molecule has 1 aliphatic rings. The number of carbonyl (C=O) groups excluding carboxylic acids is 2. The number of piperidine rings is 1. The van der Waals surface area contributed by atoms with E-state index in [1.54, 1.807) is 7.05 Å². The molecule has 5 heteroatoms. The first-order chi connectivity index (χ1) is 10.0. The fourth-order valence-electron chi connectivity index (χ4n) is 2.47. The fourth-order valence-corrected chi connectivity index (χ4v) is 2.47. The summed E-state index contributed by atoms with van der Waals surface area (Å²) in [4.78, 5) is 23.7. The van der Waals surface area contributed by atoms with Crippen LogP contribution in [-0.4, -0.2) is 32.0 Å². The van der Waals surface area contributed by atoms with Crippen LogP contribution in [0.1, 0.15) is 25.3 Å². The predicted octanol–water partition coefficient (Wildman–Crippen LogP) is 1.30. The predicted molar refractivity (Wildman–Crippen MR) is 83.1 cm³/mol. The second-order valence-corrected chi connectivity index (χ2v) is 5.81. The normalized spacial score (nSPS) is 17.0. The van der Waals surface area contributed by atoms with Crippen LogP contribution < -0.4 is 16.0 Å². The highest BCUT2D eigenvalue weighted by molar-refractivity contribution is 5.95. The summed E-state index contributed by atoms with van der Waals surface area (Å²) < 4.78 is 0. The van der Waals surface area contributed by atoms with Gasteiger partial charge in [-0.3, -0.25) is 9.59 Å². The van der Waals surface area contributed by atoms with Gasteiger partial charge in [0.15, 0.2) is 0 Å². The highest BCUT2D eigenvalue weighted by Crippen LogP contribution is 2.29. The largest absolute Gasteiger partial charge is 0.359 e. The number of hydrogen-bond donors (Lipinski definition) is 3. The third-order valence-electron chi connectivity index (χ3n) is 4.11. The molecule has 0 aliphatic carbocycles. The first-order valence-electron chi connectivity index (χ1n) is 7.35. The minimum absolute atomic E-state index is 0.0194. The lowest BCUT2D eigenvalue weighted by Crippen LogP contribution is -2.42. The number of hydrogen-bond acceptors (Lipinski definition) is 3. The Morgan fingerprint density at radius 2 is 1.81 bits per heavy atom. The van der Waals surface area contributed by atoms with Gasteiger partial charge >= 0.3 is 0 Å². The Kier molecular flexibility index (Phi) is 4.96. The van der Waals surface area contributed by atoms with E-state index in [1.807, 2.05) is 31.2 Å². The number of amides is 2. The zero-order valence-electron chi connectivity index (χ0n) is 12.7. The maximum absolute atomic E-state index is 12.4. The Balaban J connectivity index is 1.96. The van der Waals surface area contributed by atoms with Gasteiger partial charge in [-0.25, -0.2) is 0 Å². The van der Waals surface area contributed by atoms with Crippen LogP contribution in [0.4, 0.5) is 5.69 Å². The van der Waals surface area contributed by atoms with Crippen LogP contribution in [-0.2, 0) is 16.0 Å². The van der Waals surface area contributed by atoms with E-state index < -0.39 is 0 Å². The van der Waals surface area contributed by atoms with Crippen molar-refractivity contribution in [3.05, 3.63) is 29.8 Å². The van der Waals surface area contributed by atoms with E-state index in [4.69, 9.17) is 0 Å². The maximum atomic E-state index is 12.4. The van der Waals surface area contributed by atoms with Crippen molar-refractivity contribution >= 4 is 17.5 Å². The molecule has 1 aromatic carbocycles. The van der Waals surface area contributed by atoms with Crippen LogP contribution in [0.5, 0.6) is 0 Å². The molecule has 2 rings (SSSR count). The Hall–Kier alpha value is -1.88. The van der Waals surface area contributed by atoms with Gasteiger partial charge in [-0.15, -0.1) is 0 Å². The smallest absolute Gasteiger partial charge is 0.230 e. The summed E-state index contributed by atoms with van der Waals surface area (Å²) in [6.45, 7) is 3.78. The second-order valence-electron chi connectivity index (χ2n) is 5.81. The number of carbonyl (C=O) groups is 2. The molecule has 0 radical (unpaired) electrons. The van der Waals surface area contributed by atoms with Gasteiger partial charge in [-0.05, 0) is 43.6 Å². The van der Waals surface area contributed by atoms with Crippen LogP contribution in [0.25, 0.3) is 0 Å². The zero-order chi connectivity index (χ0) is 15.3. The Morgan fingerprint density at radius 3 is 2.38 bits per heavy atom. The maximum Gasteiger partial charge on any atom is 0.230 e. The number of anilines is 1. The highest BCUT2D eigenvalue weighted by atomic mass is 16.2. The molecule has 5 nitrogen and oxygen atoms in total. The van der Waals surface area contributed by atoms with Crippen molar-refractivity contribution in [2.75, 3.05) is 25.5 Å². The van der Waals surface area contributed by atoms with Gasteiger partial charge in [-0.2, -0.15) is 0 Å². The Labute approximate surface area is 125 Å². The Morgan fingerprint density at radius 1 is 1.19 bits per heavy atom. The summed E-state index contributed by atoms with van der Waals surface area (Å²) in [5, 5.41) is 8.85. The van der Waals surface area contributed by atoms with Gasteiger partial charge in [0.2, 0.25) is 11.8 Å². The Bertz CT molecular complexity index is 505. The summed E-state index contributed by atoms with van der Waals surface area (Å²) >= 11 is 0. The summed E-state index contributed by atoms with van der Waals surface area (Å²) in [7, 11) is 1.62. The van der Waals surface area contributed by atoms with Gasteiger partial charge < -0.3 is 16.0 Å². The molecule has 114 valence electrons. The number of likely N-dealkylation sites (N-methyl/N-ethyl adjacent to an activating group) is 1. The quantitative estimate of drug-likeness (QED) is 0.782. The second kappa shape index (κ2) is 6.72. The molecule has 3 N–H and O–H groups in total. The zero-order valence-corrected chi connectivity index (χ0v) is 12.7. The van der Waals surface area contributed by atoms with Crippen molar-refractivity contribution in [1.82, 2.24) is 10.6 Å². The number of nitrogens with one attached hydrogen (secondary N) is 3. The van der Waals surface area contributed by atoms with Gasteiger partial charge in [0.25, 0.3) is 0 Å². The van der Waals surface area contributed by atoms with Crippen molar-refractivity contribution in [2.24, 2.45) is 5.41 Å². The van der Waals surface area contributed by atoms with Crippen molar-refractivity contribution in [3.8, 4) is 0 Å². The molecule has 21 heavy (non-hydrogen) atoms. The highest BCUT2D eigenvalue weighted by Gasteiger charge is 2.34. The molecule has 0 aromatic heterocycles. The minimum atomic E-state index is -0.300. The van der Waals surface area contributed by atoms with Crippen LogP contribution in [0.3, 0.4) is 0 Å². The van der Waals surface area contributed by atoms with Crippen molar-refractivity contribution in [2.45, 2.75) is 26.2 Å². The fraction of sp³-hybridized carbons (Fsp3) is 0.500. The van der Waals surface area contributed by atoms with E-state index in [0.29, 0.717) is 6.42 Å². The van der Waals surface area contributed by atoms with Crippen LogP contribution in [0.2, 0.25) is 0 Å². The average Bonchev–Trinajstić information content (AvgIpc) is 2.50. The number of rotatable bonds is 4. The van der Waals surface area contributed by atoms with E-state index in [1.165, 1.54) is 0 Å². The lowest BCUT2D eigenvalue weighted by molar-refractivity contribution is -0.126. The average molecular weight is 289 g/mol. The van der Waals surface area contributed by atoms with Gasteiger partial charge in [-0.1, -0.05) is 19.1 Å². The molecular formula is C16H23N3O2. The van der Waals surface area contributed by atoms with Crippen LogP contribution in [0, 0.1) is 5.41 Å². The standard InChI is InChI=1S/C16H23N3O2/c1-16(7-9-18-10-8-16)15(21)19-13-5-3-12(4-6-13)11-14(20)17-2/h3-6,18H,7-11H2,1-2H3,(H,17,20)(H,19,21). The third-order valence-corrected chi connectivity index (χ3v) is 4.11. The molecule has 1 fully saturated rings. The van der Waals surface area contributed by atoms with E-state index in [2.05, 4.69) is 16.0 Å². The van der Waals surface area contributed by atoms with E-state index in [-0.39, 0.29) is 17.2 Å². The van der Waals surface area contributed by atoms with Crippen LogP contribution >= 0.6 is 0 Å². The van der Waals surface area contributed by atoms with Crippen LogP contribution in [0.15, 0.2) is 24.3 Å². The molecule has 2 amide bonds. The molecule has 0 unspecified atom stereocenters. The first kappa shape index (κ1) is 15.5. The van der Waals surface area contributed by atoms with Gasteiger partial charge in [0, 0.05) is 18.2 Å². The van der Waals surface area contributed by atoms with E-state index in [9.17, 15) is 9.59 Å².